The van der Waals surface area contributed by atoms with Crippen molar-refractivity contribution in [3.8, 4) is 0 Å². The number of hydrogen-bond acceptors (Lipinski definition) is 3. The lowest BCUT2D eigenvalue weighted by atomic mass is 9.69. The van der Waals surface area contributed by atoms with E-state index < -0.39 is 0 Å². The molecule has 96 valence electrons. The van der Waals surface area contributed by atoms with E-state index in [1.807, 2.05) is 18.2 Å². The number of nitrogens with two attached hydrogens (primary N) is 2. The number of hydrogen-bond donors (Lipinski definition) is 2. The highest BCUT2D eigenvalue weighted by Gasteiger charge is 2.45. The van der Waals surface area contributed by atoms with Crippen LogP contribution >= 0.6 is 0 Å². The summed E-state index contributed by atoms with van der Waals surface area (Å²) < 4.78 is 0. The molecule has 4 nitrogen and oxygen atoms in total. The zero-order valence-electron chi connectivity index (χ0n) is 10.4. The van der Waals surface area contributed by atoms with Crippen molar-refractivity contribution in [1.82, 2.24) is 4.90 Å². The number of fused-ring (bicyclic) bond motifs is 3. The maximum Gasteiger partial charge on any atom is 0.248 e. The van der Waals surface area contributed by atoms with Crippen LogP contribution in [-0.4, -0.2) is 36.0 Å². The summed E-state index contributed by atoms with van der Waals surface area (Å²) >= 11 is 0. The quantitative estimate of drug-likeness (QED) is 0.804. The van der Waals surface area contributed by atoms with Gasteiger partial charge in [0.2, 0.25) is 5.91 Å². The smallest absolute Gasteiger partial charge is 0.248 e. The first-order valence-electron chi connectivity index (χ1n) is 6.50. The second-order valence-corrected chi connectivity index (χ2v) is 5.54. The standard InChI is InChI=1S/C14H19N3O/c15-13(18)11-4-2-1-3-10(11)12-9-17-7-5-14(12,16)6-8-17/h1-4,12H,5-9,16H2,(H2,15,18). The number of piperidine rings is 3. The average molecular weight is 245 g/mol. The molecule has 3 fully saturated rings. The molecule has 4 heteroatoms. The van der Waals surface area contributed by atoms with Crippen molar-refractivity contribution in [1.29, 1.82) is 0 Å². The summed E-state index contributed by atoms with van der Waals surface area (Å²) in [7, 11) is 0. The van der Waals surface area contributed by atoms with Crippen molar-refractivity contribution in [2.75, 3.05) is 19.6 Å². The molecular weight excluding hydrogens is 226 g/mol. The van der Waals surface area contributed by atoms with Crippen LogP contribution in [0, 0.1) is 0 Å². The van der Waals surface area contributed by atoms with Crippen molar-refractivity contribution < 1.29 is 4.79 Å². The topological polar surface area (TPSA) is 72.4 Å². The molecule has 3 aliphatic rings. The first-order chi connectivity index (χ1) is 8.60. The Balaban J connectivity index is 2.03. The number of amides is 1. The third-order valence-corrected chi connectivity index (χ3v) is 4.52. The normalized spacial score (nSPS) is 34.5. The minimum atomic E-state index is -0.356. The van der Waals surface area contributed by atoms with Gasteiger partial charge >= 0.3 is 0 Å². The predicted octanol–water partition coefficient (Wildman–Crippen LogP) is 0.676. The van der Waals surface area contributed by atoms with Gasteiger partial charge in [0.1, 0.15) is 0 Å². The van der Waals surface area contributed by atoms with E-state index in [1.54, 1.807) is 6.07 Å². The van der Waals surface area contributed by atoms with Gasteiger partial charge in [0.25, 0.3) is 0 Å². The molecule has 1 unspecified atom stereocenters. The molecule has 4 rings (SSSR count). The molecule has 3 aliphatic heterocycles. The molecule has 0 aliphatic carbocycles. The van der Waals surface area contributed by atoms with Crippen LogP contribution in [-0.2, 0) is 0 Å². The van der Waals surface area contributed by atoms with Gasteiger partial charge < -0.3 is 16.4 Å². The second-order valence-electron chi connectivity index (χ2n) is 5.54. The summed E-state index contributed by atoms with van der Waals surface area (Å²) in [6, 6.07) is 7.62. The molecule has 18 heavy (non-hydrogen) atoms. The lowest BCUT2D eigenvalue weighted by molar-refractivity contribution is 0.0621. The zero-order chi connectivity index (χ0) is 12.8. The van der Waals surface area contributed by atoms with Gasteiger partial charge in [0.15, 0.2) is 0 Å². The average Bonchev–Trinajstić information content (AvgIpc) is 2.39. The highest BCUT2D eigenvalue weighted by molar-refractivity contribution is 5.94. The van der Waals surface area contributed by atoms with Crippen molar-refractivity contribution in [3.05, 3.63) is 35.4 Å². The van der Waals surface area contributed by atoms with Crippen LogP contribution in [0.15, 0.2) is 24.3 Å². The SMILES string of the molecule is NC(=O)c1ccccc1C1CN2CCC1(N)CC2. The Bertz CT molecular complexity index is 478. The Morgan fingerprint density at radius 2 is 1.94 bits per heavy atom. The highest BCUT2D eigenvalue weighted by Crippen LogP contribution is 2.41. The van der Waals surface area contributed by atoms with E-state index in [-0.39, 0.29) is 17.4 Å². The van der Waals surface area contributed by atoms with Crippen LogP contribution in [0.2, 0.25) is 0 Å². The molecule has 1 aromatic rings. The van der Waals surface area contributed by atoms with Gasteiger partial charge in [-0.1, -0.05) is 18.2 Å². The fourth-order valence-corrected chi connectivity index (χ4v) is 3.37. The molecule has 0 saturated carbocycles. The van der Waals surface area contributed by atoms with Crippen molar-refractivity contribution in [3.63, 3.8) is 0 Å². The molecule has 0 radical (unpaired) electrons. The fourth-order valence-electron chi connectivity index (χ4n) is 3.37. The summed E-state index contributed by atoms with van der Waals surface area (Å²) in [6.45, 7) is 3.10. The van der Waals surface area contributed by atoms with E-state index in [0.29, 0.717) is 5.56 Å². The molecule has 0 aromatic heterocycles. The summed E-state index contributed by atoms with van der Waals surface area (Å²) in [4.78, 5) is 14.0. The van der Waals surface area contributed by atoms with Gasteiger partial charge in [-0.3, -0.25) is 4.79 Å². The molecule has 3 heterocycles. The van der Waals surface area contributed by atoms with E-state index in [9.17, 15) is 4.79 Å². The monoisotopic (exact) mass is 245 g/mol. The van der Waals surface area contributed by atoms with E-state index in [0.717, 1.165) is 38.0 Å². The molecule has 1 atom stereocenters. The molecule has 4 N–H and O–H groups in total. The minimum absolute atomic E-state index is 0.166. The van der Waals surface area contributed by atoms with E-state index >= 15 is 0 Å². The fraction of sp³-hybridized carbons (Fsp3) is 0.500. The first kappa shape index (κ1) is 11.7. The van der Waals surface area contributed by atoms with Crippen molar-refractivity contribution in [2.45, 2.75) is 24.3 Å². The lowest BCUT2D eigenvalue weighted by Crippen LogP contribution is -2.62. The van der Waals surface area contributed by atoms with Crippen LogP contribution in [0.3, 0.4) is 0 Å². The van der Waals surface area contributed by atoms with Gasteiger partial charge in [0.05, 0.1) is 0 Å². The Hall–Kier alpha value is -1.39. The number of carbonyl (C=O) groups is 1. The van der Waals surface area contributed by atoms with Gasteiger partial charge in [-0.05, 0) is 37.6 Å². The second kappa shape index (κ2) is 4.07. The van der Waals surface area contributed by atoms with Gasteiger partial charge in [-0.15, -0.1) is 0 Å². The molecular formula is C14H19N3O. The summed E-state index contributed by atoms with van der Waals surface area (Å²) in [5.74, 6) is -0.130. The molecule has 2 bridgehead atoms. The Kier molecular flexibility index (Phi) is 2.64. The van der Waals surface area contributed by atoms with Crippen LogP contribution in [0.25, 0.3) is 0 Å². The third kappa shape index (κ3) is 1.72. The van der Waals surface area contributed by atoms with Crippen LogP contribution in [0.1, 0.15) is 34.7 Å². The van der Waals surface area contributed by atoms with Gasteiger partial charge in [-0.25, -0.2) is 0 Å². The Morgan fingerprint density at radius 1 is 1.28 bits per heavy atom. The Labute approximate surface area is 107 Å². The lowest BCUT2D eigenvalue weighted by Gasteiger charge is -2.52. The van der Waals surface area contributed by atoms with E-state index in [1.165, 1.54) is 0 Å². The number of nitrogens with zero attached hydrogens (tertiary/aromatic N) is 1. The maximum atomic E-state index is 11.5. The third-order valence-electron chi connectivity index (χ3n) is 4.52. The number of rotatable bonds is 2. The van der Waals surface area contributed by atoms with Gasteiger partial charge in [0, 0.05) is 23.6 Å². The van der Waals surface area contributed by atoms with E-state index in [2.05, 4.69) is 4.90 Å². The van der Waals surface area contributed by atoms with Crippen LogP contribution in [0.4, 0.5) is 0 Å². The zero-order valence-corrected chi connectivity index (χ0v) is 10.4. The van der Waals surface area contributed by atoms with Crippen LogP contribution < -0.4 is 11.5 Å². The van der Waals surface area contributed by atoms with Crippen molar-refractivity contribution >= 4 is 5.91 Å². The number of carbonyl (C=O) groups excluding carboxylic acids is 1. The number of benzene rings is 1. The molecule has 1 aromatic carbocycles. The largest absolute Gasteiger partial charge is 0.366 e. The van der Waals surface area contributed by atoms with Crippen LogP contribution in [0.5, 0.6) is 0 Å². The summed E-state index contributed by atoms with van der Waals surface area (Å²) in [5.41, 5.74) is 13.5. The summed E-state index contributed by atoms with van der Waals surface area (Å²) in [5, 5.41) is 0. The van der Waals surface area contributed by atoms with Gasteiger partial charge in [-0.2, -0.15) is 0 Å². The van der Waals surface area contributed by atoms with E-state index in [4.69, 9.17) is 11.5 Å². The molecule has 0 spiro atoms. The highest BCUT2D eigenvalue weighted by atomic mass is 16.1. The first-order valence-corrected chi connectivity index (χ1v) is 6.50. The number of primary amides is 1. The molecule has 1 amide bonds. The Morgan fingerprint density at radius 3 is 2.56 bits per heavy atom. The van der Waals surface area contributed by atoms with Crippen molar-refractivity contribution in [2.24, 2.45) is 11.5 Å². The maximum absolute atomic E-state index is 11.5. The minimum Gasteiger partial charge on any atom is -0.366 e. The predicted molar refractivity (Wildman–Crippen MR) is 70.3 cm³/mol. The molecule has 3 saturated heterocycles. The summed E-state index contributed by atoms with van der Waals surface area (Å²) in [6.07, 6.45) is 2.01.